The Morgan fingerprint density at radius 2 is 1.74 bits per heavy atom. The fraction of sp³-hybridized carbons (Fsp3) is 0.760. The minimum Gasteiger partial charge on any atom is -0.460 e. The number of rotatable bonds is 11. The van der Waals surface area contributed by atoms with E-state index < -0.39 is 60.7 Å². The Hall–Kier alpha value is -1.37. The van der Waals surface area contributed by atoms with E-state index in [9.17, 15) is 19.2 Å². The van der Waals surface area contributed by atoms with Gasteiger partial charge in [0.05, 0.1) is 6.10 Å². The number of nitrogens with zero attached hydrogens (tertiary/aromatic N) is 1. The lowest BCUT2D eigenvalue weighted by Gasteiger charge is -2.40. The minimum atomic E-state index is -2.28. The number of halogens is 3. The van der Waals surface area contributed by atoms with E-state index in [1.807, 2.05) is 0 Å². The van der Waals surface area contributed by atoms with Gasteiger partial charge in [-0.25, -0.2) is 5.43 Å². The number of allylic oxidation sites excluding steroid dienone is 1. The number of hydrogen-bond acceptors (Lipinski definition) is 7. The molecule has 1 saturated heterocycles. The lowest BCUT2D eigenvalue weighted by atomic mass is 10.1. The van der Waals surface area contributed by atoms with Gasteiger partial charge in [-0.15, -0.1) is 0 Å². The fourth-order valence-corrected chi connectivity index (χ4v) is 5.11. The maximum Gasteiger partial charge on any atom is 0.325 e. The molecule has 0 aromatic carbocycles. The highest BCUT2D eigenvalue weighted by molar-refractivity contribution is 6.74. The zero-order chi connectivity index (χ0) is 30.2. The van der Waals surface area contributed by atoms with Gasteiger partial charge >= 0.3 is 5.97 Å². The number of carbonyl (C=O) groups is 4. The Bertz CT molecular complexity index is 907. The molecule has 0 aliphatic carbocycles. The second-order valence-electron chi connectivity index (χ2n) is 11.2. The number of hydrogen-bond donors (Lipinski definition) is 3. The summed E-state index contributed by atoms with van der Waals surface area (Å²) in [4.78, 5) is 51.4. The largest absolute Gasteiger partial charge is 0.460 e. The first kappa shape index (κ1) is 35.7. The van der Waals surface area contributed by atoms with E-state index in [1.165, 1.54) is 11.9 Å². The number of hydrazine groups is 1. The van der Waals surface area contributed by atoms with Crippen molar-refractivity contribution in [3.63, 3.8) is 0 Å². The standard InChI is InChI=1S/C25H43Cl3N4O6Si/c1-9-10-13-19(33)30-20(17(3)38-39(7,8)24(4,5)6)21(34)29-16(2)22(35)32-14-11-12-18(31-32)23(36)37-15-25(26,27)28/h9-10,16-18,20,31H,11-15H2,1-8H3,(H,29,34)(H,30,33)/t16-,17+,18-,20-/m0/s1. The molecule has 39 heavy (non-hydrogen) atoms. The summed E-state index contributed by atoms with van der Waals surface area (Å²) in [5.41, 5.74) is 2.83. The van der Waals surface area contributed by atoms with Gasteiger partial charge in [0.1, 0.15) is 24.7 Å². The van der Waals surface area contributed by atoms with E-state index in [-0.39, 0.29) is 17.4 Å². The zero-order valence-corrected chi connectivity index (χ0v) is 27.3. The van der Waals surface area contributed by atoms with Crippen molar-refractivity contribution in [3.05, 3.63) is 12.2 Å². The van der Waals surface area contributed by atoms with E-state index in [0.717, 1.165) is 0 Å². The molecule has 0 spiro atoms. The van der Waals surface area contributed by atoms with Crippen molar-refractivity contribution in [3.8, 4) is 0 Å². The molecular formula is C25H43Cl3N4O6Si. The van der Waals surface area contributed by atoms with Crippen LogP contribution in [0.3, 0.4) is 0 Å². The minimum absolute atomic E-state index is 0.106. The molecule has 1 heterocycles. The van der Waals surface area contributed by atoms with Crippen molar-refractivity contribution in [2.45, 2.75) is 107 Å². The van der Waals surface area contributed by atoms with Crippen LogP contribution in [0.2, 0.25) is 18.1 Å². The van der Waals surface area contributed by atoms with E-state index in [4.69, 9.17) is 44.0 Å². The normalized spacial score (nSPS) is 19.3. The van der Waals surface area contributed by atoms with E-state index in [0.29, 0.717) is 19.4 Å². The molecule has 0 saturated carbocycles. The summed E-state index contributed by atoms with van der Waals surface area (Å²) in [6.45, 7) is 15.3. The van der Waals surface area contributed by atoms with Gasteiger partial charge in [0, 0.05) is 13.0 Å². The van der Waals surface area contributed by atoms with E-state index in [1.54, 1.807) is 26.0 Å². The Balaban J connectivity index is 2.94. The zero-order valence-electron chi connectivity index (χ0n) is 24.0. The van der Waals surface area contributed by atoms with Crippen molar-refractivity contribution in [2.24, 2.45) is 0 Å². The number of ether oxygens (including phenoxy) is 1. The molecule has 1 aliphatic heterocycles. The summed E-state index contributed by atoms with van der Waals surface area (Å²) in [6.07, 6.45) is 3.84. The molecule has 1 aliphatic rings. The molecule has 224 valence electrons. The first-order valence-corrected chi connectivity index (χ1v) is 17.0. The third-order valence-corrected chi connectivity index (χ3v) is 11.6. The molecule has 3 N–H and O–H groups in total. The van der Waals surface area contributed by atoms with Crippen LogP contribution in [0.15, 0.2) is 12.2 Å². The van der Waals surface area contributed by atoms with Crippen molar-refractivity contribution >= 4 is 66.8 Å². The summed E-state index contributed by atoms with van der Waals surface area (Å²) in [5, 5.41) is 6.61. The van der Waals surface area contributed by atoms with E-state index >= 15 is 0 Å². The molecule has 3 amide bonds. The van der Waals surface area contributed by atoms with Gasteiger partial charge in [0.25, 0.3) is 5.91 Å². The van der Waals surface area contributed by atoms with Crippen molar-refractivity contribution in [1.82, 2.24) is 21.1 Å². The van der Waals surface area contributed by atoms with Crippen LogP contribution in [0, 0.1) is 0 Å². The maximum atomic E-state index is 13.4. The van der Waals surface area contributed by atoms with Crippen LogP contribution in [0.25, 0.3) is 0 Å². The van der Waals surface area contributed by atoms with Crippen LogP contribution >= 0.6 is 34.8 Å². The third kappa shape index (κ3) is 11.9. The average molecular weight is 630 g/mol. The van der Waals surface area contributed by atoms with Gasteiger partial charge in [-0.05, 0) is 51.7 Å². The van der Waals surface area contributed by atoms with Gasteiger partial charge in [-0.2, -0.15) is 0 Å². The predicted molar refractivity (Wildman–Crippen MR) is 156 cm³/mol. The summed E-state index contributed by atoms with van der Waals surface area (Å²) in [6, 6.07) is -2.79. The average Bonchev–Trinajstić information content (AvgIpc) is 2.82. The van der Waals surface area contributed by atoms with Gasteiger partial charge in [-0.3, -0.25) is 24.2 Å². The molecule has 1 fully saturated rings. The van der Waals surface area contributed by atoms with Gasteiger partial charge in [0.2, 0.25) is 15.6 Å². The van der Waals surface area contributed by atoms with Gasteiger partial charge in [-0.1, -0.05) is 67.7 Å². The maximum absolute atomic E-state index is 13.4. The molecule has 0 unspecified atom stereocenters. The van der Waals surface area contributed by atoms with Gasteiger partial charge < -0.3 is 19.8 Å². The summed E-state index contributed by atoms with van der Waals surface area (Å²) in [7, 11) is -2.28. The van der Waals surface area contributed by atoms with E-state index in [2.05, 4.69) is 49.9 Å². The smallest absolute Gasteiger partial charge is 0.325 e. The van der Waals surface area contributed by atoms with Crippen molar-refractivity contribution < 1.29 is 28.3 Å². The SMILES string of the molecule is CC=CCC(=O)N[C@H](C(=O)N[C@@H](C)C(=O)N1CCC[C@@H](C(=O)OCC(Cl)(Cl)Cl)N1)[C@@H](C)O[Si](C)(C)C(C)(C)C. The van der Waals surface area contributed by atoms with Crippen LogP contribution in [0.5, 0.6) is 0 Å². The molecule has 1 rings (SSSR count). The number of alkyl halides is 3. The monoisotopic (exact) mass is 628 g/mol. The third-order valence-electron chi connectivity index (χ3n) is 6.74. The highest BCUT2D eigenvalue weighted by Crippen LogP contribution is 2.37. The molecular weight excluding hydrogens is 587 g/mol. The Morgan fingerprint density at radius 3 is 2.28 bits per heavy atom. The summed E-state index contributed by atoms with van der Waals surface area (Å²) in [5.74, 6) is -2.01. The Morgan fingerprint density at radius 1 is 1.13 bits per heavy atom. The molecule has 0 bridgehead atoms. The van der Waals surface area contributed by atoms with Crippen LogP contribution in [0.4, 0.5) is 0 Å². The van der Waals surface area contributed by atoms with Crippen LogP contribution in [-0.2, 0) is 28.3 Å². The summed E-state index contributed by atoms with van der Waals surface area (Å²) >= 11 is 16.9. The lowest BCUT2D eigenvalue weighted by Crippen LogP contribution is -2.62. The molecule has 10 nitrogen and oxygen atoms in total. The lowest BCUT2D eigenvalue weighted by molar-refractivity contribution is -0.153. The second-order valence-corrected chi connectivity index (χ2v) is 18.4. The summed E-state index contributed by atoms with van der Waals surface area (Å²) < 4.78 is 9.67. The molecule has 14 heteroatoms. The van der Waals surface area contributed by atoms with Crippen LogP contribution in [-0.4, -0.2) is 78.2 Å². The molecule has 0 aromatic heterocycles. The van der Waals surface area contributed by atoms with Gasteiger partial charge in [0.15, 0.2) is 8.32 Å². The highest BCUT2D eigenvalue weighted by Gasteiger charge is 2.42. The second kappa shape index (κ2) is 15.0. The number of amides is 3. The van der Waals surface area contributed by atoms with Crippen LogP contribution < -0.4 is 16.1 Å². The van der Waals surface area contributed by atoms with Crippen LogP contribution in [0.1, 0.15) is 60.8 Å². The molecule has 0 radical (unpaired) electrons. The topological polar surface area (TPSA) is 126 Å². The fourth-order valence-electron chi connectivity index (χ4n) is 3.53. The Kier molecular flexibility index (Phi) is 13.7. The number of nitrogens with one attached hydrogen (secondary N) is 3. The first-order valence-electron chi connectivity index (χ1n) is 13.0. The molecule has 4 atom stereocenters. The Labute approximate surface area is 247 Å². The number of carbonyl (C=O) groups excluding carboxylic acids is 4. The van der Waals surface area contributed by atoms with Crippen molar-refractivity contribution in [2.75, 3.05) is 13.2 Å². The number of esters is 1. The first-order chi connectivity index (χ1) is 17.8. The predicted octanol–water partition coefficient (Wildman–Crippen LogP) is 3.76. The molecule has 0 aromatic rings. The quantitative estimate of drug-likeness (QED) is 0.138. The highest BCUT2D eigenvalue weighted by atomic mass is 35.6. The van der Waals surface area contributed by atoms with Crippen molar-refractivity contribution in [1.29, 1.82) is 0 Å².